The van der Waals surface area contributed by atoms with E-state index < -0.39 is 17.8 Å². The summed E-state index contributed by atoms with van der Waals surface area (Å²) in [7, 11) is 6.13. The van der Waals surface area contributed by atoms with Gasteiger partial charge in [-0.3, -0.25) is 14.6 Å². The van der Waals surface area contributed by atoms with Gasteiger partial charge >= 0.3 is 5.97 Å². The Bertz CT molecular complexity index is 993. The second-order valence-corrected chi connectivity index (χ2v) is 9.09. The fourth-order valence-electron chi connectivity index (χ4n) is 4.77. The molecule has 1 aromatic carbocycles. The fourth-order valence-corrected chi connectivity index (χ4v) is 4.77. The molecule has 180 valence electrons. The second kappa shape index (κ2) is 9.95. The van der Waals surface area contributed by atoms with Gasteiger partial charge in [0.25, 0.3) is 0 Å². The van der Waals surface area contributed by atoms with Crippen LogP contribution in [0.2, 0.25) is 0 Å². The summed E-state index contributed by atoms with van der Waals surface area (Å²) in [6.07, 6.45) is 1.01. The molecule has 33 heavy (non-hydrogen) atoms. The number of Topliss-reactive ketones (excluding diaryl/α,β-unsaturated/α-hetero) is 1. The quantitative estimate of drug-likeness (QED) is 0.432. The van der Waals surface area contributed by atoms with E-state index in [1.807, 2.05) is 6.07 Å². The summed E-state index contributed by atoms with van der Waals surface area (Å²) in [4.78, 5) is 31.4. The van der Waals surface area contributed by atoms with Gasteiger partial charge in [-0.1, -0.05) is 19.9 Å². The van der Waals surface area contributed by atoms with Crippen molar-refractivity contribution >= 4 is 17.5 Å². The molecule has 0 amide bonds. The minimum Gasteiger partial charge on any atom is -0.493 e. The molecule has 2 atom stereocenters. The van der Waals surface area contributed by atoms with Gasteiger partial charge in [0.1, 0.15) is 12.5 Å². The first-order chi connectivity index (χ1) is 15.7. The lowest BCUT2D eigenvalue weighted by Gasteiger charge is -2.39. The molecule has 1 heterocycles. The summed E-state index contributed by atoms with van der Waals surface area (Å²) in [5.74, 6) is -0.577. The van der Waals surface area contributed by atoms with Crippen molar-refractivity contribution in [2.75, 3.05) is 41.7 Å². The molecule has 1 aliphatic carbocycles. The van der Waals surface area contributed by atoms with Gasteiger partial charge in [-0.2, -0.15) is 0 Å². The second-order valence-electron chi connectivity index (χ2n) is 9.09. The molecular weight excluding hydrogens is 426 g/mol. The van der Waals surface area contributed by atoms with Gasteiger partial charge in [-0.05, 0) is 24.8 Å². The van der Waals surface area contributed by atoms with Crippen LogP contribution in [-0.4, -0.2) is 59.1 Å². The van der Waals surface area contributed by atoms with Crippen molar-refractivity contribution in [3.05, 3.63) is 29.0 Å². The largest absolute Gasteiger partial charge is 0.493 e. The molecule has 1 aliphatic heterocycles. The number of hydrogen-bond acceptors (Lipinski definition) is 8. The highest BCUT2D eigenvalue weighted by Crippen LogP contribution is 2.52. The Morgan fingerprint density at radius 2 is 1.73 bits per heavy atom. The molecule has 0 radical (unpaired) electrons. The maximum atomic E-state index is 13.4. The molecule has 0 saturated heterocycles. The van der Waals surface area contributed by atoms with E-state index in [1.165, 1.54) is 28.4 Å². The van der Waals surface area contributed by atoms with E-state index in [4.69, 9.17) is 28.7 Å². The number of carbonyl (C=O) groups excluding carboxylic acids is 2. The highest BCUT2D eigenvalue weighted by molar-refractivity contribution is 6.09. The summed E-state index contributed by atoms with van der Waals surface area (Å²) in [5, 5.41) is 0. The van der Waals surface area contributed by atoms with Crippen molar-refractivity contribution in [3.8, 4) is 17.2 Å². The fraction of sp³-hybridized carbons (Fsp3) is 0.560. The highest BCUT2D eigenvalue weighted by atomic mass is 16.6. The first kappa shape index (κ1) is 24.8. The Labute approximate surface area is 194 Å². The number of nitrogens with zero attached hydrogens (tertiary/aromatic N) is 1. The lowest BCUT2D eigenvalue weighted by molar-refractivity contribution is -0.147. The van der Waals surface area contributed by atoms with Crippen molar-refractivity contribution in [3.63, 3.8) is 0 Å². The summed E-state index contributed by atoms with van der Waals surface area (Å²) in [6, 6.07) is 3.57. The van der Waals surface area contributed by atoms with E-state index in [0.717, 1.165) is 5.70 Å². The predicted molar refractivity (Wildman–Crippen MR) is 123 cm³/mol. The lowest BCUT2D eigenvalue weighted by Crippen LogP contribution is -2.40. The van der Waals surface area contributed by atoms with E-state index in [2.05, 4.69) is 13.8 Å². The maximum Gasteiger partial charge on any atom is 0.315 e. The molecule has 0 aromatic heterocycles. The van der Waals surface area contributed by atoms with E-state index in [-0.39, 0.29) is 24.4 Å². The number of rotatable bonds is 8. The normalized spacial score (nSPS) is 21.8. The Morgan fingerprint density at radius 3 is 2.33 bits per heavy atom. The SMILES string of the molecule is COCCOC(=O)C1C(C)=NC2=C(C(=O)CC(C)(C)C2)[C@@H]1c1ccc(OC)c(OC)c1OC. The average molecular weight is 460 g/mol. The summed E-state index contributed by atoms with van der Waals surface area (Å²) < 4.78 is 27.2. The van der Waals surface area contributed by atoms with Gasteiger partial charge in [-0.25, -0.2) is 0 Å². The number of hydrogen-bond donors (Lipinski definition) is 0. The Balaban J connectivity index is 2.22. The van der Waals surface area contributed by atoms with E-state index in [9.17, 15) is 9.59 Å². The van der Waals surface area contributed by atoms with Crippen molar-refractivity contribution in [1.82, 2.24) is 0 Å². The standard InChI is InChI=1S/C25H33NO7/c1-14-19(24(28)33-11-10-29-4)20(21-16(26-14)12-25(2,3)13-17(21)27)15-8-9-18(30-5)23(32-7)22(15)31-6/h8-9,19-20H,10-13H2,1-7H3/t19?,20-/m1/s1. The van der Waals surface area contributed by atoms with Crippen LogP contribution in [0.25, 0.3) is 0 Å². The lowest BCUT2D eigenvalue weighted by atomic mass is 9.66. The van der Waals surface area contributed by atoms with Gasteiger partial charge in [0.05, 0.1) is 27.9 Å². The molecule has 0 spiro atoms. The molecule has 3 rings (SSSR count). The van der Waals surface area contributed by atoms with Crippen molar-refractivity contribution in [2.45, 2.75) is 39.5 Å². The van der Waals surface area contributed by atoms with Crippen LogP contribution < -0.4 is 14.2 Å². The predicted octanol–water partition coefficient (Wildman–Crippen LogP) is 3.72. The zero-order valence-electron chi connectivity index (χ0n) is 20.4. The number of benzene rings is 1. The summed E-state index contributed by atoms with van der Waals surface area (Å²) in [6.45, 7) is 6.30. The summed E-state index contributed by atoms with van der Waals surface area (Å²) in [5.41, 5.74) is 2.30. The molecular formula is C25H33NO7. The molecule has 0 saturated carbocycles. The first-order valence-electron chi connectivity index (χ1n) is 10.9. The van der Waals surface area contributed by atoms with Crippen LogP contribution in [0.1, 0.15) is 45.1 Å². The third-order valence-electron chi connectivity index (χ3n) is 6.16. The van der Waals surface area contributed by atoms with Crippen LogP contribution in [0, 0.1) is 11.3 Å². The number of ketones is 1. The van der Waals surface area contributed by atoms with Crippen LogP contribution in [0.5, 0.6) is 17.2 Å². The Kier molecular flexibility index (Phi) is 7.47. The molecule has 0 bridgehead atoms. The Morgan fingerprint density at radius 1 is 1.03 bits per heavy atom. The molecule has 0 N–H and O–H groups in total. The van der Waals surface area contributed by atoms with Crippen LogP contribution in [0.15, 0.2) is 28.4 Å². The number of aliphatic imine (C=N–C) groups is 1. The summed E-state index contributed by atoms with van der Waals surface area (Å²) >= 11 is 0. The maximum absolute atomic E-state index is 13.4. The topological polar surface area (TPSA) is 92.7 Å². The zero-order valence-corrected chi connectivity index (χ0v) is 20.4. The van der Waals surface area contributed by atoms with Gasteiger partial charge in [0.2, 0.25) is 5.75 Å². The van der Waals surface area contributed by atoms with Gasteiger partial charge in [0, 0.05) is 42.0 Å². The minimum atomic E-state index is -0.780. The van der Waals surface area contributed by atoms with E-state index in [0.29, 0.717) is 46.9 Å². The highest BCUT2D eigenvalue weighted by Gasteiger charge is 2.47. The van der Waals surface area contributed by atoms with Crippen molar-refractivity contribution in [1.29, 1.82) is 0 Å². The number of ether oxygens (including phenoxy) is 5. The van der Waals surface area contributed by atoms with Crippen molar-refractivity contribution < 1.29 is 33.3 Å². The van der Waals surface area contributed by atoms with E-state index >= 15 is 0 Å². The molecule has 1 unspecified atom stereocenters. The number of carbonyl (C=O) groups is 2. The number of allylic oxidation sites excluding steroid dienone is 2. The van der Waals surface area contributed by atoms with Crippen LogP contribution in [0.4, 0.5) is 0 Å². The minimum absolute atomic E-state index is 0.0194. The monoisotopic (exact) mass is 459 g/mol. The Hall–Kier alpha value is -2.87. The first-order valence-corrected chi connectivity index (χ1v) is 10.9. The number of methoxy groups -OCH3 is 4. The molecule has 8 heteroatoms. The van der Waals surface area contributed by atoms with Crippen LogP contribution in [-0.2, 0) is 19.1 Å². The molecule has 2 aliphatic rings. The third-order valence-corrected chi connectivity index (χ3v) is 6.16. The van der Waals surface area contributed by atoms with Crippen molar-refractivity contribution in [2.24, 2.45) is 16.3 Å². The molecule has 8 nitrogen and oxygen atoms in total. The molecule has 1 aromatic rings. The smallest absolute Gasteiger partial charge is 0.315 e. The van der Waals surface area contributed by atoms with Gasteiger partial charge < -0.3 is 23.7 Å². The zero-order chi connectivity index (χ0) is 24.3. The molecule has 0 fully saturated rings. The van der Waals surface area contributed by atoms with Gasteiger partial charge in [-0.15, -0.1) is 0 Å². The number of esters is 1. The van der Waals surface area contributed by atoms with Gasteiger partial charge in [0.15, 0.2) is 17.3 Å². The average Bonchev–Trinajstić information content (AvgIpc) is 2.76. The van der Waals surface area contributed by atoms with Crippen LogP contribution >= 0.6 is 0 Å². The third kappa shape index (κ3) is 4.76. The van der Waals surface area contributed by atoms with E-state index in [1.54, 1.807) is 13.0 Å². The van der Waals surface area contributed by atoms with Crippen LogP contribution in [0.3, 0.4) is 0 Å².